The Morgan fingerprint density at radius 3 is 2.67 bits per heavy atom. The predicted octanol–water partition coefficient (Wildman–Crippen LogP) is 0.594. The molecule has 5 nitrogen and oxygen atoms in total. The molecule has 0 saturated heterocycles. The van der Waals surface area contributed by atoms with E-state index in [4.69, 9.17) is 4.84 Å². The molecule has 2 rings (SSSR count). The van der Waals surface area contributed by atoms with Crippen LogP contribution < -0.4 is 0 Å². The third kappa shape index (κ3) is 1.13. The summed E-state index contributed by atoms with van der Waals surface area (Å²) in [5.41, 5.74) is 0.0800. The summed E-state index contributed by atoms with van der Waals surface area (Å²) in [4.78, 5) is 11.6. The number of rotatable bonds is 1. The van der Waals surface area contributed by atoms with E-state index >= 15 is 0 Å². The Balaban J connectivity index is 2.45. The molecule has 1 N–H and O–H groups in total. The normalized spacial score (nSPS) is 38.2. The fraction of sp³-hybridized carbons (Fsp3) is 0.800. The Labute approximate surface area is 89.4 Å². The molecule has 0 fully saturated rings. The van der Waals surface area contributed by atoms with Gasteiger partial charge in [0.15, 0.2) is 5.54 Å². The fourth-order valence-corrected chi connectivity index (χ4v) is 2.27. The molecular formula is C10H17N3O2. The molecule has 0 aliphatic carbocycles. The molecule has 0 aromatic rings. The molecule has 0 aromatic carbocycles. The second-order valence-electron chi connectivity index (χ2n) is 4.37. The first kappa shape index (κ1) is 10.4. The minimum Gasteiger partial charge on any atom is -0.366 e. The summed E-state index contributed by atoms with van der Waals surface area (Å²) in [5.74, 6) is -0.417. The number of oxime groups is 1. The van der Waals surface area contributed by atoms with Crippen molar-refractivity contribution in [2.24, 2.45) is 10.1 Å². The first-order valence-corrected chi connectivity index (χ1v) is 5.17. The summed E-state index contributed by atoms with van der Waals surface area (Å²) < 4.78 is 0. The zero-order chi connectivity index (χ0) is 11.3. The Morgan fingerprint density at radius 1 is 1.53 bits per heavy atom. The predicted molar refractivity (Wildman–Crippen MR) is 57.9 cm³/mol. The lowest BCUT2D eigenvalue weighted by molar-refractivity contribution is -0.203. The zero-order valence-electron chi connectivity index (χ0n) is 9.61. The molecule has 0 amide bonds. The maximum Gasteiger partial charge on any atom is 0.272 e. The number of nitrogens with zero attached hydrogens (tertiary/aromatic N) is 3. The summed E-state index contributed by atoms with van der Waals surface area (Å²) in [7, 11) is 3.83. The maximum absolute atomic E-state index is 10.4. The average Bonchev–Trinajstić information content (AvgIpc) is 2.60. The van der Waals surface area contributed by atoms with Crippen LogP contribution in [0.3, 0.4) is 0 Å². The van der Waals surface area contributed by atoms with Crippen molar-refractivity contribution in [3.8, 4) is 0 Å². The minimum absolute atomic E-state index is 0.397. The van der Waals surface area contributed by atoms with Gasteiger partial charge in [-0.3, -0.25) is 4.99 Å². The van der Waals surface area contributed by atoms with Crippen molar-refractivity contribution in [3.05, 3.63) is 0 Å². The molecule has 0 bridgehead atoms. The first-order valence-electron chi connectivity index (χ1n) is 5.17. The van der Waals surface area contributed by atoms with Crippen LogP contribution in [0, 0.1) is 0 Å². The van der Waals surface area contributed by atoms with Crippen LogP contribution in [0.2, 0.25) is 0 Å². The van der Waals surface area contributed by atoms with Gasteiger partial charge in [0, 0.05) is 14.1 Å². The van der Waals surface area contributed by atoms with Crippen molar-refractivity contribution in [1.29, 1.82) is 0 Å². The lowest BCUT2D eigenvalue weighted by Gasteiger charge is -2.29. The van der Waals surface area contributed by atoms with Gasteiger partial charge >= 0.3 is 0 Å². The third-order valence-electron chi connectivity index (χ3n) is 3.32. The van der Waals surface area contributed by atoms with Crippen LogP contribution in [0.5, 0.6) is 0 Å². The highest BCUT2D eigenvalue weighted by Gasteiger charge is 2.63. The SMILES string of the molecule is CC[C@]12N=C(N(C)C)C[C@]1(O)ON=C2C. The number of aliphatic hydroxyl groups is 1. The van der Waals surface area contributed by atoms with E-state index in [-0.39, 0.29) is 0 Å². The van der Waals surface area contributed by atoms with E-state index in [1.165, 1.54) is 0 Å². The highest BCUT2D eigenvalue weighted by atomic mass is 16.7. The number of fused-ring (bicyclic) bond motifs is 1. The molecule has 0 spiro atoms. The van der Waals surface area contributed by atoms with Crippen LogP contribution in [-0.4, -0.2) is 47.0 Å². The van der Waals surface area contributed by atoms with Crippen molar-refractivity contribution < 1.29 is 9.94 Å². The highest BCUT2D eigenvalue weighted by molar-refractivity contribution is 6.00. The molecule has 0 unspecified atom stereocenters. The molecule has 5 heteroatoms. The van der Waals surface area contributed by atoms with Crippen molar-refractivity contribution in [2.45, 2.75) is 38.0 Å². The Morgan fingerprint density at radius 2 is 2.20 bits per heavy atom. The minimum atomic E-state index is -1.27. The molecule has 2 aliphatic rings. The molecular weight excluding hydrogens is 194 g/mol. The van der Waals surface area contributed by atoms with E-state index < -0.39 is 11.3 Å². The van der Waals surface area contributed by atoms with E-state index in [1.807, 2.05) is 32.8 Å². The first-order chi connectivity index (χ1) is 6.95. The molecule has 2 heterocycles. The van der Waals surface area contributed by atoms with E-state index in [1.54, 1.807) is 0 Å². The lowest BCUT2D eigenvalue weighted by atomic mass is 9.84. The molecule has 15 heavy (non-hydrogen) atoms. The molecule has 0 aromatic heterocycles. The number of amidine groups is 1. The van der Waals surface area contributed by atoms with Crippen LogP contribution >= 0.6 is 0 Å². The van der Waals surface area contributed by atoms with Gasteiger partial charge in [-0.15, -0.1) is 0 Å². The van der Waals surface area contributed by atoms with Gasteiger partial charge in [0.05, 0.1) is 12.1 Å². The Bertz CT molecular complexity index is 351. The molecule has 84 valence electrons. The van der Waals surface area contributed by atoms with Crippen molar-refractivity contribution >= 4 is 11.5 Å². The molecule has 2 atom stereocenters. The highest BCUT2D eigenvalue weighted by Crippen LogP contribution is 2.45. The van der Waals surface area contributed by atoms with Gasteiger partial charge in [-0.25, -0.2) is 0 Å². The third-order valence-corrected chi connectivity index (χ3v) is 3.32. The van der Waals surface area contributed by atoms with E-state index in [9.17, 15) is 5.11 Å². The molecule has 0 radical (unpaired) electrons. The zero-order valence-corrected chi connectivity index (χ0v) is 9.61. The van der Waals surface area contributed by atoms with E-state index in [0.717, 1.165) is 11.5 Å². The summed E-state index contributed by atoms with van der Waals surface area (Å²) in [6.07, 6.45) is 1.09. The van der Waals surface area contributed by atoms with Gasteiger partial charge in [-0.1, -0.05) is 12.1 Å². The van der Waals surface area contributed by atoms with E-state index in [2.05, 4.69) is 10.1 Å². The van der Waals surface area contributed by atoms with Crippen LogP contribution in [-0.2, 0) is 4.84 Å². The van der Waals surface area contributed by atoms with Crippen LogP contribution in [0.25, 0.3) is 0 Å². The van der Waals surface area contributed by atoms with Gasteiger partial charge < -0.3 is 14.8 Å². The Hall–Kier alpha value is -1.10. The average molecular weight is 211 g/mol. The van der Waals surface area contributed by atoms with Gasteiger partial charge in [-0.05, 0) is 13.3 Å². The summed E-state index contributed by atoms with van der Waals surface area (Å²) in [6.45, 7) is 3.84. The van der Waals surface area contributed by atoms with Gasteiger partial charge in [0.25, 0.3) is 5.79 Å². The number of hydrogen-bond donors (Lipinski definition) is 1. The smallest absolute Gasteiger partial charge is 0.272 e. The number of aliphatic imine (C=N–C) groups is 1. The van der Waals surface area contributed by atoms with Crippen molar-refractivity contribution in [2.75, 3.05) is 14.1 Å². The van der Waals surface area contributed by atoms with Crippen LogP contribution in [0.1, 0.15) is 26.7 Å². The monoisotopic (exact) mass is 211 g/mol. The second kappa shape index (κ2) is 2.95. The summed E-state index contributed by atoms with van der Waals surface area (Å²) >= 11 is 0. The van der Waals surface area contributed by atoms with Gasteiger partial charge in [0.2, 0.25) is 0 Å². The second-order valence-corrected chi connectivity index (χ2v) is 4.37. The lowest BCUT2D eigenvalue weighted by Crippen LogP contribution is -2.51. The van der Waals surface area contributed by atoms with Gasteiger partial charge in [0.1, 0.15) is 5.84 Å². The quantitative estimate of drug-likeness (QED) is 0.690. The van der Waals surface area contributed by atoms with Crippen LogP contribution in [0.15, 0.2) is 10.1 Å². The number of hydrogen-bond acceptors (Lipinski definition) is 5. The van der Waals surface area contributed by atoms with Gasteiger partial charge in [-0.2, -0.15) is 0 Å². The molecule has 0 saturated carbocycles. The largest absolute Gasteiger partial charge is 0.366 e. The molecule has 2 aliphatic heterocycles. The van der Waals surface area contributed by atoms with Crippen molar-refractivity contribution in [3.63, 3.8) is 0 Å². The fourth-order valence-electron chi connectivity index (χ4n) is 2.27. The Kier molecular flexibility index (Phi) is 2.05. The van der Waals surface area contributed by atoms with Crippen LogP contribution in [0.4, 0.5) is 0 Å². The van der Waals surface area contributed by atoms with Crippen molar-refractivity contribution in [1.82, 2.24) is 4.90 Å². The summed E-state index contributed by atoms with van der Waals surface area (Å²) in [6, 6.07) is 0. The summed E-state index contributed by atoms with van der Waals surface area (Å²) in [5, 5.41) is 14.3. The standard InChI is InChI=1S/C10H17N3O2/c1-5-9-7(2)12-15-10(9,14)6-8(11-9)13(3)4/h14H,5-6H2,1-4H3/t9-,10+/m1/s1. The topological polar surface area (TPSA) is 57.4 Å². The maximum atomic E-state index is 10.4. The van der Waals surface area contributed by atoms with E-state index in [0.29, 0.717) is 12.8 Å².